The first-order valence-corrected chi connectivity index (χ1v) is 10.2. The molecule has 0 radical (unpaired) electrons. The fraction of sp³-hybridized carbons (Fsp3) is 0.435. The van der Waals surface area contributed by atoms with E-state index < -0.39 is 5.97 Å². The largest absolute Gasteiger partial charge is 0.508 e. The van der Waals surface area contributed by atoms with Crippen molar-refractivity contribution in [3.05, 3.63) is 46.8 Å². The maximum Gasteiger partial charge on any atom is 0.341 e. The van der Waals surface area contributed by atoms with Crippen molar-refractivity contribution in [2.24, 2.45) is 5.92 Å². The van der Waals surface area contributed by atoms with Crippen molar-refractivity contribution >= 4 is 11.9 Å². The summed E-state index contributed by atoms with van der Waals surface area (Å²) in [6.45, 7) is 4.64. The van der Waals surface area contributed by atoms with Gasteiger partial charge in [0.2, 0.25) is 0 Å². The number of hydrogen-bond donors (Lipinski definition) is 2. The molecule has 8 heteroatoms. The van der Waals surface area contributed by atoms with Gasteiger partial charge in [0.25, 0.3) is 5.91 Å². The molecule has 31 heavy (non-hydrogen) atoms. The number of esters is 1. The molecule has 2 aromatic rings. The summed E-state index contributed by atoms with van der Waals surface area (Å²) in [7, 11) is 1.55. The van der Waals surface area contributed by atoms with Crippen molar-refractivity contribution in [1.82, 2.24) is 10.3 Å². The Morgan fingerprint density at radius 1 is 1.16 bits per heavy atom. The maximum atomic E-state index is 12.6. The fourth-order valence-corrected chi connectivity index (χ4v) is 3.08. The first-order chi connectivity index (χ1) is 14.9. The number of aryl methyl sites for hydroxylation is 2. The quantitative estimate of drug-likeness (QED) is 0.340. The molecule has 1 fully saturated rings. The third-order valence-electron chi connectivity index (χ3n) is 5.12. The third-order valence-corrected chi connectivity index (χ3v) is 5.12. The van der Waals surface area contributed by atoms with Crippen molar-refractivity contribution in [3.8, 4) is 16.9 Å². The second-order valence-electron chi connectivity index (χ2n) is 7.62. The highest BCUT2D eigenvalue weighted by Gasteiger charge is 2.23. The van der Waals surface area contributed by atoms with Gasteiger partial charge in [0.15, 0.2) is 6.79 Å². The van der Waals surface area contributed by atoms with Gasteiger partial charge in [-0.3, -0.25) is 4.79 Å². The van der Waals surface area contributed by atoms with Crippen LogP contribution in [0.25, 0.3) is 11.1 Å². The van der Waals surface area contributed by atoms with Gasteiger partial charge in [0, 0.05) is 24.9 Å². The van der Waals surface area contributed by atoms with Crippen molar-refractivity contribution in [2.45, 2.75) is 26.7 Å². The third kappa shape index (κ3) is 6.02. The van der Waals surface area contributed by atoms with E-state index in [1.807, 2.05) is 0 Å². The zero-order chi connectivity index (χ0) is 22.4. The van der Waals surface area contributed by atoms with E-state index in [1.54, 1.807) is 39.2 Å². The molecular weight excluding hydrogens is 400 g/mol. The lowest BCUT2D eigenvalue weighted by Crippen LogP contribution is -2.26. The number of benzene rings is 1. The van der Waals surface area contributed by atoms with E-state index in [4.69, 9.17) is 14.2 Å². The predicted octanol–water partition coefficient (Wildman–Crippen LogP) is 2.99. The molecule has 0 spiro atoms. The molecule has 0 unspecified atom stereocenters. The molecule has 1 heterocycles. The minimum atomic E-state index is -0.631. The van der Waals surface area contributed by atoms with E-state index in [2.05, 4.69) is 10.3 Å². The van der Waals surface area contributed by atoms with E-state index >= 15 is 0 Å². The SMILES string of the molecule is COCCOCOC(=O)c1cc(O)c(C)cc1-c1ccc(C(=O)NCC2CC2)nc1C. The number of ether oxygens (including phenoxy) is 3. The van der Waals surface area contributed by atoms with Gasteiger partial charge < -0.3 is 24.6 Å². The van der Waals surface area contributed by atoms with Gasteiger partial charge in [-0.1, -0.05) is 6.07 Å². The number of amides is 1. The lowest BCUT2D eigenvalue weighted by atomic mass is 9.95. The number of phenols is 1. The summed E-state index contributed by atoms with van der Waals surface area (Å²) in [6.07, 6.45) is 2.31. The smallest absolute Gasteiger partial charge is 0.341 e. The molecule has 0 atom stereocenters. The van der Waals surface area contributed by atoms with Crippen molar-refractivity contribution in [3.63, 3.8) is 0 Å². The lowest BCUT2D eigenvalue weighted by Gasteiger charge is -2.14. The summed E-state index contributed by atoms with van der Waals surface area (Å²) >= 11 is 0. The minimum absolute atomic E-state index is 0.0160. The Morgan fingerprint density at radius 2 is 1.94 bits per heavy atom. The van der Waals surface area contributed by atoms with Crippen LogP contribution in [0.15, 0.2) is 24.3 Å². The molecule has 3 rings (SSSR count). The van der Waals surface area contributed by atoms with Gasteiger partial charge in [-0.15, -0.1) is 0 Å². The van der Waals surface area contributed by atoms with Crippen LogP contribution in [0, 0.1) is 19.8 Å². The van der Waals surface area contributed by atoms with Gasteiger partial charge in [-0.2, -0.15) is 0 Å². The average Bonchev–Trinajstić information content (AvgIpc) is 3.58. The van der Waals surface area contributed by atoms with Crippen molar-refractivity contribution < 1.29 is 28.9 Å². The summed E-state index contributed by atoms with van der Waals surface area (Å²) in [4.78, 5) is 29.4. The number of carbonyl (C=O) groups is 2. The van der Waals surface area contributed by atoms with E-state index in [0.717, 1.165) is 12.8 Å². The standard InChI is InChI=1S/C23H28N2O6/c1-14-10-18(19(11-21(14)26)23(28)31-13-30-9-8-29-3)17-6-7-20(25-15(17)2)22(27)24-12-16-4-5-16/h6-7,10-11,16,26H,4-5,8-9,12-13H2,1-3H3,(H,24,27). The van der Waals surface area contributed by atoms with Crippen LogP contribution in [0.4, 0.5) is 0 Å². The van der Waals surface area contributed by atoms with Crippen LogP contribution in [-0.4, -0.2) is 55.6 Å². The van der Waals surface area contributed by atoms with E-state index in [0.29, 0.717) is 53.8 Å². The Morgan fingerprint density at radius 3 is 2.61 bits per heavy atom. The highest BCUT2D eigenvalue weighted by molar-refractivity contribution is 5.99. The zero-order valence-corrected chi connectivity index (χ0v) is 18.1. The number of hydrogen-bond acceptors (Lipinski definition) is 7. The summed E-state index contributed by atoms with van der Waals surface area (Å²) in [5.41, 5.74) is 2.95. The summed E-state index contributed by atoms with van der Waals surface area (Å²) in [5.74, 6) is -0.279. The van der Waals surface area contributed by atoms with Gasteiger partial charge in [0.1, 0.15) is 11.4 Å². The topological polar surface area (TPSA) is 107 Å². The average molecular weight is 428 g/mol. The molecule has 8 nitrogen and oxygen atoms in total. The molecule has 1 aliphatic rings. The van der Waals surface area contributed by atoms with Gasteiger partial charge in [-0.25, -0.2) is 9.78 Å². The lowest BCUT2D eigenvalue weighted by molar-refractivity contribution is -0.0435. The zero-order valence-electron chi connectivity index (χ0n) is 18.1. The van der Waals surface area contributed by atoms with E-state index in [-0.39, 0.29) is 24.0 Å². The van der Waals surface area contributed by atoms with Gasteiger partial charge in [-0.05, 0) is 61.9 Å². The normalized spacial score (nSPS) is 13.1. The number of aromatic hydroxyl groups is 1. The number of phenolic OH excluding ortho intramolecular Hbond substituents is 1. The number of aromatic nitrogens is 1. The summed E-state index contributed by atoms with van der Waals surface area (Å²) in [6, 6.07) is 6.47. The molecule has 0 aliphatic heterocycles. The van der Waals surface area contributed by atoms with Crippen LogP contribution in [-0.2, 0) is 14.2 Å². The Balaban J connectivity index is 1.81. The monoisotopic (exact) mass is 428 g/mol. The molecular formula is C23H28N2O6. The summed E-state index contributed by atoms with van der Waals surface area (Å²) in [5, 5.41) is 13.0. The molecule has 166 valence electrons. The predicted molar refractivity (Wildman–Crippen MR) is 114 cm³/mol. The van der Waals surface area contributed by atoms with Crippen LogP contribution >= 0.6 is 0 Å². The van der Waals surface area contributed by atoms with Crippen LogP contribution < -0.4 is 5.32 Å². The van der Waals surface area contributed by atoms with E-state index in [1.165, 1.54) is 6.07 Å². The molecule has 0 bridgehead atoms. The van der Waals surface area contributed by atoms with Crippen LogP contribution in [0.1, 0.15) is 44.9 Å². The number of nitrogens with zero attached hydrogens (tertiary/aromatic N) is 1. The Bertz CT molecular complexity index is 955. The molecule has 0 saturated heterocycles. The molecule has 1 aromatic heterocycles. The van der Waals surface area contributed by atoms with Crippen molar-refractivity contribution in [1.29, 1.82) is 0 Å². The van der Waals surface area contributed by atoms with Crippen LogP contribution in [0.2, 0.25) is 0 Å². The first-order valence-electron chi connectivity index (χ1n) is 10.2. The van der Waals surface area contributed by atoms with Gasteiger partial charge >= 0.3 is 5.97 Å². The van der Waals surface area contributed by atoms with E-state index in [9.17, 15) is 14.7 Å². The van der Waals surface area contributed by atoms with Crippen LogP contribution in [0.5, 0.6) is 5.75 Å². The number of nitrogens with one attached hydrogen (secondary N) is 1. The second-order valence-corrected chi connectivity index (χ2v) is 7.62. The Labute approximate surface area is 181 Å². The highest BCUT2D eigenvalue weighted by Crippen LogP contribution is 2.32. The number of pyridine rings is 1. The first kappa shape index (κ1) is 22.7. The van der Waals surface area contributed by atoms with Crippen LogP contribution in [0.3, 0.4) is 0 Å². The number of rotatable bonds is 10. The number of methoxy groups -OCH3 is 1. The summed E-state index contributed by atoms with van der Waals surface area (Å²) < 4.78 is 15.2. The Kier molecular flexibility index (Phi) is 7.59. The second kappa shape index (κ2) is 10.4. The maximum absolute atomic E-state index is 12.6. The van der Waals surface area contributed by atoms with Crippen molar-refractivity contribution in [2.75, 3.05) is 33.7 Å². The van der Waals surface area contributed by atoms with Gasteiger partial charge in [0.05, 0.1) is 18.8 Å². The molecule has 1 saturated carbocycles. The number of carbonyl (C=O) groups excluding carboxylic acids is 2. The molecule has 2 N–H and O–H groups in total. The molecule has 1 aliphatic carbocycles. The molecule has 1 aromatic carbocycles. The Hall–Kier alpha value is -2.97. The minimum Gasteiger partial charge on any atom is -0.508 e. The highest BCUT2D eigenvalue weighted by atomic mass is 16.7. The molecule has 1 amide bonds. The fourth-order valence-electron chi connectivity index (χ4n) is 3.08.